The summed E-state index contributed by atoms with van der Waals surface area (Å²) in [6.07, 6.45) is 6.55. The molecule has 0 bridgehead atoms. The van der Waals surface area contributed by atoms with Crippen molar-refractivity contribution in [1.29, 1.82) is 0 Å². The van der Waals surface area contributed by atoms with Crippen LogP contribution in [-0.4, -0.2) is 0 Å². The lowest BCUT2D eigenvalue weighted by molar-refractivity contribution is 0.449. The summed E-state index contributed by atoms with van der Waals surface area (Å²) < 4.78 is 0. The van der Waals surface area contributed by atoms with E-state index in [1.807, 2.05) is 12.1 Å². The van der Waals surface area contributed by atoms with Crippen molar-refractivity contribution in [2.45, 2.75) is 46.0 Å². The van der Waals surface area contributed by atoms with E-state index >= 15 is 0 Å². The summed E-state index contributed by atoms with van der Waals surface area (Å²) in [5.41, 5.74) is 1.37. The molecule has 77 valence electrons. The molecule has 0 aliphatic heterocycles. The van der Waals surface area contributed by atoms with Gasteiger partial charge in [-0.15, -0.1) is 0 Å². The molecule has 0 amide bonds. The van der Waals surface area contributed by atoms with Crippen molar-refractivity contribution in [1.82, 2.24) is 0 Å². The van der Waals surface area contributed by atoms with Crippen molar-refractivity contribution in [2.75, 3.05) is 0 Å². The van der Waals surface area contributed by atoms with E-state index in [0.29, 0.717) is 0 Å². The zero-order valence-corrected chi connectivity index (χ0v) is 9.42. The number of hydrogen-bond donors (Lipinski definition) is 0. The Hall–Kier alpha value is -0.780. The summed E-state index contributed by atoms with van der Waals surface area (Å²) in [5.74, 6) is 0.855. The van der Waals surface area contributed by atoms with E-state index in [0.717, 1.165) is 5.92 Å². The summed E-state index contributed by atoms with van der Waals surface area (Å²) in [7, 11) is 0. The first-order valence-corrected chi connectivity index (χ1v) is 5.82. The molecule has 0 aromatic heterocycles. The summed E-state index contributed by atoms with van der Waals surface area (Å²) in [4.78, 5) is 0. The lowest BCUT2D eigenvalue weighted by Gasteiger charge is -2.13. The molecule has 1 radical (unpaired) electrons. The van der Waals surface area contributed by atoms with Crippen molar-refractivity contribution < 1.29 is 0 Å². The Kier molecular flexibility index (Phi) is 5.36. The monoisotopic (exact) mass is 189 g/mol. The smallest absolute Gasteiger partial charge is 0.0149 e. The van der Waals surface area contributed by atoms with Crippen molar-refractivity contribution in [2.24, 2.45) is 5.92 Å². The molecule has 1 aromatic rings. The van der Waals surface area contributed by atoms with Gasteiger partial charge in [-0.2, -0.15) is 0 Å². The minimum Gasteiger partial charge on any atom is -0.0654 e. The van der Waals surface area contributed by atoms with Gasteiger partial charge in [-0.1, -0.05) is 63.8 Å². The van der Waals surface area contributed by atoms with E-state index < -0.39 is 0 Å². The van der Waals surface area contributed by atoms with Gasteiger partial charge in [0.15, 0.2) is 0 Å². The van der Waals surface area contributed by atoms with Gasteiger partial charge < -0.3 is 0 Å². The van der Waals surface area contributed by atoms with E-state index in [4.69, 9.17) is 0 Å². The van der Waals surface area contributed by atoms with Crippen LogP contribution in [0.25, 0.3) is 0 Å². The molecule has 0 heterocycles. The summed E-state index contributed by atoms with van der Waals surface area (Å²) >= 11 is 0. The molecule has 0 saturated carbocycles. The Morgan fingerprint density at radius 2 is 2.14 bits per heavy atom. The van der Waals surface area contributed by atoms with Crippen LogP contribution in [0.15, 0.2) is 24.3 Å². The third kappa shape index (κ3) is 3.95. The Bertz CT molecular complexity index is 225. The normalized spacial score (nSPS) is 12.7. The van der Waals surface area contributed by atoms with E-state index in [2.05, 4.69) is 32.0 Å². The molecule has 0 nitrogen and oxygen atoms in total. The predicted octanol–water partition coefficient (Wildman–Crippen LogP) is 4.25. The van der Waals surface area contributed by atoms with Crippen molar-refractivity contribution >= 4 is 0 Å². The first-order chi connectivity index (χ1) is 6.86. The maximum atomic E-state index is 3.31. The molecule has 0 aliphatic carbocycles. The first-order valence-electron chi connectivity index (χ1n) is 5.82. The zero-order chi connectivity index (χ0) is 10.2. The third-order valence-electron chi connectivity index (χ3n) is 2.83. The number of unbranched alkanes of at least 4 members (excludes halogenated alkanes) is 1. The third-order valence-corrected chi connectivity index (χ3v) is 2.83. The van der Waals surface area contributed by atoms with Crippen LogP contribution in [0.3, 0.4) is 0 Å². The lowest BCUT2D eigenvalue weighted by Crippen LogP contribution is -2.03. The molecule has 0 saturated heterocycles. The Morgan fingerprint density at radius 1 is 1.29 bits per heavy atom. The SMILES string of the molecule is CCCCC(CC)Cc1[c]cccc1. The summed E-state index contributed by atoms with van der Waals surface area (Å²) in [6, 6.07) is 11.7. The van der Waals surface area contributed by atoms with E-state index in [9.17, 15) is 0 Å². The quantitative estimate of drug-likeness (QED) is 0.627. The van der Waals surface area contributed by atoms with Gasteiger partial charge in [0, 0.05) is 0 Å². The minimum atomic E-state index is 0.855. The van der Waals surface area contributed by atoms with Crippen LogP contribution >= 0.6 is 0 Å². The largest absolute Gasteiger partial charge is 0.0654 e. The molecule has 1 unspecified atom stereocenters. The van der Waals surface area contributed by atoms with Gasteiger partial charge in [0.25, 0.3) is 0 Å². The highest BCUT2D eigenvalue weighted by molar-refractivity contribution is 5.13. The second-order valence-corrected chi connectivity index (χ2v) is 4.01. The van der Waals surface area contributed by atoms with Gasteiger partial charge in [-0.3, -0.25) is 0 Å². The molecule has 1 atom stereocenters. The standard InChI is InChI=1S/C14H21/c1-3-5-9-13(4-2)12-14-10-7-6-8-11-14/h6-8,10,13H,3-5,9,12H2,1-2H3. The van der Waals surface area contributed by atoms with Crippen molar-refractivity contribution in [3.8, 4) is 0 Å². The fourth-order valence-corrected chi connectivity index (χ4v) is 1.81. The van der Waals surface area contributed by atoms with Crippen LogP contribution in [0.1, 0.15) is 45.1 Å². The van der Waals surface area contributed by atoms with Gasteiger partial charge in [0.1, 0.15) is 0 Å². The average Bonchev–Trinajstić information content (AvgIpc) is 2.25. The second kappa shape index (κ2) is 6.64. The number of rotatable bonds is 6. The fourth-order valence-electron chi connectivity index (χ4n) is 1.81. The average molecular weight is 189 g/mol. The Balaban J connectivity index is 2.40. The molecule has 0 N–H and O–H groups in total. The molecular weight excluding hydrogens is 168 g/mol. The molecule has 0 aliphatic rings. The van der Waals surface area contributed by atoms with Crippen LogP contribution in [-0.2, 0) is 6.42 Å². The summed E-state index contributed by atoms with van der Waals surface area (Å²) in [6.45, 7) is 4.56. The molecule has 0 spiro atoms. The van der Waals surface area contributed by atoms with Crippen LogP contribution in [0.2, 0.25) is 0 Å². The van der Waals surface area contributed by atoms with Gasteiger partial charge in [0.2, 0.25) is 0 Å². The highest BCUT2D eigenvalue weighted by atomic mass is 14.1. The summed E-state index contributed by atoms with van der Waals surface area (Å²) in [5, 5.41) is 0. The maximum Gasteiger partial charge on any atom is -0.0149 e. The number of hydrogen-bond acceptors (Lipinski definition) is 0. The molecule has 1 rings (SSSR count). The minimum absolute atomic E-state index is 0.855. The predicted molar refractivity (Wildman–Crippen MR) is 62.3 cm³/mol. The highest BCUT2D eigenvalue weighted by Gasteiger charge is 2.06. The van der Waals surface area contributed by atoms with Gasteiger partial charge in [-0.05, 0) is 24.0 Å². The van der Waals surface area contributed by atoms with Crippen LogP contribution in [0, 0.1) is 12.0 Å². The second-order valence-electron chi connectivity index (χ2n) is 4.01. The van der Waals surface area contributed by atoms with Crippen molar-refractivity contribution in [3.05, 3.63) is 35.9 Å². The topological polar surface area (TPSA) is 0 Å². The maximum absolute atomic E-state index is 3.31. The molecule has 0 fully saturated rings. The first kappa shape index (κ1) is 11.3. The molecular formula is C14H21. The van der Waals surface area contributed by atoms with Gasteiger partial charge in [-0.25, -0.2) is 0 Å². The van der Waals surface area contributed by atoms with Gasteiger partial charge in [0.05, 0.1) is 0 Å². The fraction of sp³-hybridized carbons (Fsp3) is 0.571. The molecule has 0 heteroatoms. The van der Waals surface area contributed by atoms with Crippen LogP contribution in [0.5, 0.6) is 0 Å². The van der Waals surface area contributed by atoms with Crippen LogP contribution in [0.4, 0.5) is 0 Å². The van der Waals surface area contributed by atoms with Crippen molar-refractivity contribution in [3.63, 3.8) is 0 Å². The Morgan fingerprint density at radius 3 is 2.71 bits per heavy atom. The van der Waals surface area contributed by atoms with E-state index in [1.165, 1.54) is 37.7 Å². The van der Waals surface area contributed by atoms with Gasteiger partial charge >= 0.3 is 0 Å². The van der Waals surface area contributed by atoms with Crippen LogP contribution < -0.4 is 0 Å². The highest BCUT2D eigenvalue weighted by Crippen LogP contribution is 2.17. The Labute approximate surface area is 88.4 Å². The molecule has 1 aromatic carbocycles. The van der Waals surface area contributed by atoms with E-state index in [1.54, 1.807) is 0 Å². The number of benzene rings is 1. The molecule has 14 heavy (non-hydrogen) atoms. The zero-order valence-electron chi connectivity index (χ0n) is 9.42. The van der Waals surface area contributed by atoms with E-state index in [-0.39, 0.29) is 0 Å². The lowest BCUT2D eigenvalue weighted by atomic mass is 9.92.